The van der Waals surface area contributed by atoms with E-state index in [-0.39, 0.29) is 17.8 Å². The van der Waals surface area contributed by atoms with Gasteiger partial charge < -0.3 is 15.9 Å². The second-order valence-corrected chi connectivity index (χ2v) is 5.36. The van der Waals surface area contributed by atoms with Crippen LogP contribution in [-0.2, 0) is 6.42 Å². The topological polar surface area (TPSA) is 101 Å². The molecule has 1 heterocycles. The molecular weight excluding hydrogens is 301 g/mol. The minimum atomic E-state index is -1.48. The van der Waals surface area contributed by atoms with Gasteiger partial charge in [0.2, 0.25) is 0 Å². The number of hydrogen-bond acceptors (Lipinski definition) is 5. The maximum absolute atomic E-state index is 14.7. The summed E-state index contributed by atoms with van der Waals surface area (Å²) < 4.78 is 15.7. The van der Waals surface area contributed by atoms with Gasteiger partial charge in [0.05, 0.1) is 0 Å². The van der Waals surface area contributed by atoms with Crippen LogP contribution in [0.15, 0.2) is 52.7 Å². The van der Waals surface area contributed by atoms with E-state index in [4.69, 9.17) is 5.73 Å². The minimum Gasteiger partial charge on any atom is -0.387 e. The van der Waals surface area contributed by atoms with Crippen LogP contribution in [0.4, 0.5) is 10.2 Å². The molecule has 4 N–H and O–H groups in total. The average Bonchev–Trinajstić information content (AvgIpc) is 2.73. The molecule has 1 aromatic carbocycles. The molecule has 1 unspecified atom stereocenters. The third kappa shape index (κ3) is 2.76. The van der Waals surface area contributed by atoms with Crippen LogP contribution in [0.5, 0.6) is 0 Å². The van der Waals surface area contributed by atoms with Crippen LogP contribution >= 0.6 is 0 Å². The van der Waals surface area contributed by atoms with Gasteiger partial charge in [0.1, 0.15) is 29.9 Å². The summed E-state index contributed by atoms with van der Waals surface area (Å²) in [7, 11) is 0. The largest absolute Gasteiger partial charge is 0.387 e. The summed E-state index contributed by atoms with van der Waals surface area (Å²) in [6.45, 7) is 0. The molecule has 0 saturated carbocycles. The van der Waals surface area contributed by atoms with Gasteiger partial charge in [-0.15, -0.1) is 0 Å². The Hall–Kier alpha value is -2.51. The summed E-state index contributed by atoms with van der Waals surface area (Å²) in [5.41, 5.74) is 5.33. The normalized spacial score (nSPS) is 24.2. The van der Waals surface area contributed by atoms with Gasteiger partial charge in [-0.3, -0.25) is 4.57 Å². The fraction of sp³-hybridized carbons (Fsp3) is 0.250. The summed E-state index contributed by atoms with van der Waals surface area (Å²) in [6.07, 6.45) is -1.53. The van der Waals surface area contributed by atoms with E-state index < -0.39 is 29.8 Å². The van der Waals surface area contributed by atoms with E-state index in [1.807, 2.05) is 0 Å². The van der Waals surface area contributed by atoms with Gasteiger partial charge in [0.15, 0.2) is 0 Å². The van der Waals surface area contributed by atoms with Crippen LogP contribution in [0.1, 0.15) is 11.6 Å². The van der Waals surface area contributed by atoms with E-state index in [2.05, 4.69) is 11.1 Å². The highest BCUT2D eigenvalue weighted by Gasteiger charge is 2.43. The van der Waals surface area contributed by atoms with Gasteiger partial charge in [-0.2, -0.15) is 4.98 Å². The molecule has 0 saturated heterocycles. The summed E-state index contributed by atoms with van der Waals surface area (Å²) in [4.78, 5) is 15.4. The maximum atomic E-state index is 14.7. The van der Waals surface area contributed by atoms with Crippen molar-refractivity contribution in [2.75, 3.05) is 5.73 Å². The van der Waals surface area contributed by atoms with Crippen LogP contribution in [-0.4, -0.2) is 32.0 Å². The molecule has 0 amide bonds. The van der Waals surface area contributed by atoms with Gasteiger partial charge in [0, 0.05) is 6.20 Å². The zero-order valence-corrected chi connectivity index (χ0v) is 12.1. The van der Waals surface area contributed by atoms with E-state index in [9.17, 15) is 19.4 Å². The quantitative estimate of drug-likeness (QED) is 0.759. The molecule has 0 aliphatic heterocycles. The van der Waals surface area contributed by atoms with Crippen molar-refractivity contribution in [1.82, 2.24) is 9.55 Å². The Bertz CT molecular complexity index is 804. The first-order valence-electron chi connectivity index (χ1n) is 7.04. The molecule has 1 aliphatic rings. The second-order valence-electron chi connectivity index (χ2n) is 5.36. The van der Waals surface area contributed by atoms with Crippen LogP contribution in [0.3, 0.4) is 0 Å². The van der Waals surface area contributed by atoms with Crippen molar-refractivity contribution in [3.63, 3.8) is 0 Å². The van der Waals surface area contributed by atoms with Crippen LogP contribution in [0.25, 0.3) is 0 Å². The molecule has 6 nitrogen and oxygen atoms in total. The maximum Gasteiger partial charge on any atom is 0.350 e. The number of halogens is 1. The van der Waals surface area contributed by atoms with E-state index >= 15 is 0 Å². The molecule has 3 atom stereocenters. The number of nitrogen functional groups attached to an aromatic ring is 1. The summed E-state index contributed by atoms with van der Waals surface area (Å²) in [6, 6.07) is 9.91. The van der Waals surface area contributed by atoms with Gasteiger partial charge in [-0.05, 0) is 29.7 Å². The SMILES string of the molecule is Nc1ccn(C2C(F)=C(Cc3[c]cccc3)[C@@H](O)[C@H]2O)c(=O)n1. The number of hydrogen-bond donors (Lipinski definition) is 3. The van der Waals surface area contributed by atoms with Crippen molar-refractivity contribution in [1.29, 1.82) is 0 Å². The standard InChI is InChI=1S/C16H15FN3O3/c17-12-10(8-9-4-2-1-3-5-9)14(21)15(22)13(12)20-7-6-11(18)19-16(20)23/h1-4,6-7,13-15,21-22H,8H2,(H2,18,19,23)/t13?,14-,15+/m1/s1. The predicted octanol–water partition coefficient (Wildman–Crippen LogP) is 0.368. The zero-order chi connectivity index (χ0) is 16.6. The number of rotatable bonds is 3. The first-order chi connectivity index (χ1) is 11.0. The Balaban J connectivity index is 2.00. The molecule has 1 aromatic heterocycles. The smallest absolute Gasteiger partial charge is 0.350 e. The lowest BCUT2D eigenvalue weighted by Gasteiger charge is -2.19. The molecule has 2 aromatic rings. The van der Waals surface area contributed by atoms with Crippen LogP contribution in [0.2, 0.25) is 0 Å². The summed E-state index contributed by atoms with van der Waals surface area (Å²) in [5.74, 6) is -0.737. The van der Waals surface area contributed by atoms with E-state index in [1.165, 1.54) is 12.3 Å². The third-order valence-corrected chi connectivity index (χ3v) is 3.88. The first kappa shape index (κ1) is 15.4. The first-order valence-corrected chi connectivity index (χ1v) is 7.04. The lowest BCUT2D eigenvalue weighted by Crippen LogP contribution is -2.36. The van der Waals surface area contributed by atoms with Crippen molar-refractivity contribution < 1.29 is 14.6 Å². The third-order valence-electron chi connectivity index (χ3n) is 3.88. The number of benzene rings is 1. The van der Waals surface area contributed by atoms with Gasteiger partial charge >= 0.3 is 5.69 Å². The molecule has 119 valence electrons. The fourth-order valence-corrected chi connectivity index (χ4v) is 2.72. The Morgan fingerprint density at radius 1 is 1.35 bits per heavy atom. The molecule has 0 fully saturated rings. The van der Waals surface area contributed by atoms with Crippen molar-refractivity contribution in [2.45, 2.75) is 24.7 Å². The Morgan fingerprint density at radius 3 is 2.78 bits per heavy atom. The second kappa shape index (κ2) is 5.94. The van der Waals surface area contributed by atoms with Crippen molar-refractivity contribution >= 4 is 5.82 Å². The lowest BCUT2D eigenvalue weighted by molar-refractivity contribution is 0.0272. The highest BCUT2D eigenvalue weighted by atomic mass is 19.1. The highest BCUT2D eigenvalue weighted by Crippen LogP contribution is 2.38. The van der Waals surface area contributed by atoms with E-state index in [1.54, 1.807) is 24.3 Å². The monoisotopic (exact) mass is 316 g/mol. The zero-order valence-electron chi connectivity index (χ0n) is 12.1. The predicted molar refractivity (Wildman–Crippen MR) is 81.1 cm³/mol. The molecular formula is C16H15FN3O3. The summed E-state index contributed by atoms with van der Waals surface area (Å²) >= 11 is 0. The Morgan fingerprint density at radius 2 is 2.13 bits per heavy atom. The molecule has 7 heteroatoms. The Labute approximate surface area is 131 Å². The molecule has 0 spiro atoms. The van der Waals surface area contributed by atoms with Crippen molar-refractivity contribution in [2.24, 2.45) is 0 Å². The fourth-order valence-electron chi connectivity index (χ4n) is 2.72. The number of anilines is 1. The van der Waals surface area contributed by atoms with Gasteiger partial charge in [0.25, 0.3) is 0 Å². The molecule has 1 radical (unpaired) electrons. The highest BCUT2D eigenvalue weighted by molar-refractivity contribution is 5.34. The van der Waals surface area contributed by atoms with E-state index in [0.717, 1.165) is 4.57 Å². The number of aliphatic hydroxyl groups excluding tert-OH is 2. The minimum absolute atomic E-state index is 0.00258. The summed E-state index contributed by atoms with van der Waals surface area (Å²) in [5, 5.41) is 20.3. The number of aromatic nitrogens is 2. The number of nitrogens with two attached hydrogens (primary N) is 1. The number of nitrogens with zero attached hydrogens (tertiary/aromatic N) is 2. The average molecular weight is 316 g/mol. The lowest BCUT2D eigenvalue weighted by atomic mass is 10.0. The molecule has 3 rings (SSSR count). The molecule has 23 heavy (non-hydrogen) atoms. The molecule has 0 bridgehead atoms. The molecule has 1 aliphatic carbocycles. The van der Waals surface area contributed by atoms with Gasteiger partial charge in [-0.25, -0.2) is 9.18 Å². The Kier molecular flexibility index (Phi) is 3.97. The van der Waals surface area contributed by atoms with Crippen LogP contribution in [0, 0.1) is 6.07 Å². The van der Waals surface area contributed by atoms with Crippen molar-refractivity contribution in [3.05, 3.63) is 70.0 Å². The van der Waals surface area contributed by atoms with E-state index in [0.29, 0.717) is 5.56 Å². The number of aliphatic hydroxyl groups is 2. The van der Waals surface area contributed by atoms with Crippen molar-refractivity contribution in [3.8, 4) is 0 Å². The van der Waals surface area contributed by atoms with Crippen LogP contribution < -0.4 is 11.4 Å². The van der Waals surface area contributed by atoms with Gasteiger partial charge in [-0.1, -0.05) is 24.3 Å².